The molecule has 0 heterocycles. The van der Waals surface area contributed by atoms with Gasteiger partial charge in [-0.05, 0) is 37.5 Å². The van der Waals surface area contributed by atoms with Gasteiger partial charge in [0.25, 0.3) is 0 Å². The first kappa shape index (κ1) is 96.1. The lowest BCUT2D eigenvalue weighted by Crippen LogP contribution is -2.30. The summed E-state index contributed by atoms with van der Waals surface area (Å²) < 4.78 is 68.6. The summed E-state index contributed by atoms with van der Waals surface area (Å²) in [5, 5.41) is 10.6. The molecule has 0 rings (SSSR count). The maximum Gasteiger partial charge on any atom is 0.472 e. The van der Waals surface area contributed by atoms with Gasteiger partial charge in [-0.25, -0.2) is 9.13 Å². The number of hydrogen-bond acceptors (Lipinski definition) is 15. The Kier molecular flexibility index (Phi) is 69.3. The summed E-state index contributed by atoms with van der Waals surface area (Å²) in [7, 11) is -9.91. The van der Waals surface area contributed by atoms with E-state index in [2.05, 4.69) is 41.5 Å². The molecule has 0 amide bonds. The van der Waals surface area contributed by atoms with Crippen LogP contribution in [-0.2, 0) is 65.4 Å². The minimum absolute atomic E-state index is 0.103. The highest BCUT2D eigenvalue weighted by molar-refractivity contribution is 7.47. The van der Waals surface area contributed by atoms with E-state index in [4.69, 9.17) is 37.0 Å². The average Bonchev–Trinajstić information content (AvgIpc) is 1.23. The molecule has 0 aromatic carbocycles. The average molecular weight is 1440 g/mol. The van der Waals surface area contributed by atoms with Crippen molar-refractivity contribution in [2.24, 2.45) is 11.8 Å². The molecule has 0 saturated carbocycles. The van der Waals surface area contributed by atoms with Gasteiger partial charge in [0, 0.05) is 25.7 Å². The van der Waals surface area contributed by atoms with Crippen LogP contribution in [0.5, 0.6) is 0 Å². The third-order valence-electron chi connectivity index (χ3n) is 18.8. The van der Waals surface area contributed by atoms with E-state index in [0.717, 1.165) is 102 Å². The molecule has 0 radical (unpaired) electrons. The molecule has 0 bridgehead atoms. The molecule has 0 aliphatic carbocycles. The maximum absolute atomic E-state index is 13.1. The minimum atomic E-state index is -4.96. The SMILES string of the molecule is CCCCCCCCCCCCCCCCCCCCCCC(=O)O[C@H](COC(=O)CCCCCCCCCCCCCCCCCC(C)C)COP(=O)(O)OC[C@@H](O)COP(=O)(O)OC[C@@H](COC(=O)CCCCCCCCCCCC)OC(=O)CCCCCCCCC(C)CC. The zero-order chi connectivity index (χ0) is 72.1. The predicted molar refractivity (Wildman–Crippen MR) is 400 cm³/mol. The number of phosphoric ester groups is 2. The van der Waals surface area contributed by atoms with Crippen molar-refractivity contribution in [1.82, 2.24) is 0 Å². The summed E-state index contributed by atoms with van der Waals surface area (Å²) in [6, 6.07) is 0. The lowest BCUT2D eigenvalue weighted by molar-refractivity contribution is -0.161. The number of carbonyl (C=O) groups excluding carboxylic acids is 4. The van der Waals surface area contributed by atoms with Crippen molar-refractivity contribution in [3.05, 3.63) is 0 Å². The van der Waals surface area contributed by atoms with E-state index in [1.807, 2.05) is 0 Å². The van der Waals surface area contributed by atoms with Crippen molar-refractivity contribution >= 4 is 39.5 Å². The molecule has 19 heteroatoms. The molecule has 582 valence electrons. The summed E-state index contributed by atoms with van der Waals surface area (Å²) in [4.78, 5) is 72.9. The van der Waals surface area contributed by atoms with Gasteiger partial charge in [0.2, 0.25) is 0 Å². The van der Waals surface area contributed by atoms with Crippen molar-refractivity contribution in [3.8, 4) is 0 Å². The second-order valence-electron chi connectivity index (χ2n) is 29.2. The Balaban J connectivity index is 5.20. The maximum atomic E-state index is 13.1. The molecule has 98 heavy (non-hydrogen) atoms. The van der Waals surface area contributed by atoms with Crippen LogP contribution in [0.15, 0.2) is 0 Å². The van der Waals surface area contributed by atoms with Crippen molar-refractivity contribution in [3.63, 3.8) is 0 Å². The van der Waals surface area contributed by atoms with Crippen LogP contribution in [0.2, 0.25) is 0 Å². The fourth-order valence-corrected chi connectivity index (χ4v) is 13.7. The number of phosphoric acid groups is 2. The van der Waals surface area contributed by atoms with Crippen LogP contribution in [0.4, 0.5) is 0 Å². The molecule has 0 aromatic heterocycles. The molecule has 0 aliphatic heterocycles. The van der Waals surface area contributed by atoms with Crippen LogP contribution in [0.1, 0.15) is 414 Å². The molecule has 3 N–H and O–H groups in total. The fourth-order valence-electron chi connectivity index (χ4n) is 12.2. The van der Waals surface area contributed by atoms with Gasteiger partial charge in [-0.1, -0.05) is 363 Å². The van der Waals surface area contributed by atoms with Gasteiger partial charge in [-0.3, -0.25) is 37.3 Å². The van der Waals surface area contributed by atoms with Crippen LogP contribution < -0.4 is 0 Å². The van der Waals surface area contributed by atoms with Crippen LogP contribution in [0, 0.1) is 11.8 Å². The third-order valence-corrected chi connectivity index (χ3v) is 20.7. The fraction of sp³-hybridized carbons (Fsp3) is 0.949. The largest absolute Gasteiger partial charge is 0.472 e. The minimum Gasteiger partial charge on any atom is -0.462 e. The number of esters is 4. The Morgan fingerprint density at radius 3 is 0.776 bits per heavy atom. The van der Waals surface area contributed by atoms with Crippen LogP contribution >= 0.6 is 15.6 Å². The topological polar surface area (TPSA) is 237 Å². The molecule has 0 spiro atoms. The molecule has 0 saturated heterocycles. The Bertz CT molecular complexity index is 1890. The number of hydrogen-bond donors (Lipinski definition) is 3. The second kappa shape index (κ2) is 70.7. The normalized spacial score (nSPS) is 14.2. The highest BCUT2D eigenvalue weighted by atomic mass is 31.2. The summed E-state index contributed by atoms with van der Waals surface area (Å²) in [6.45, 7) is 9.58. The number of unbranched alkanes of at least 4 members (excludes halogenated alkanes) is 47. The van der Waals surface area contributed by atoms with Gasteiger partial charge in [0.1, 0.15) is 19.3 Å². The van der Waals surface area contributed by atoms with E-state index in [0.29, 0.717) is 25.7 Å². The van der Waals surface area contributed by atoms with Gasteiger partial charge in [-0.2, -0.15) is 0 Å². The molecule has 0 aliphatic rings. The Hall–Kier alpha value is -1.94. The number of rotatable bonds is 78. The van der Waals surface area contributed by atoms with Gasteiger partial charge >= 0.3 is 39.5 Å². The van der Waals surface area contributed by atoms with Crippen LogP contribution in [-0.4, -0.2) is 96.7 Å². The van der Waals surface area contributed by atoms with E-state index in [1.165, 1.54) is 231 Å². The lowest BCUT2D eigenvalue weighted by atomic mass is 10.00. The standard InChI is InChI=1S/C79H154O17P2/c1-7-10-12-14-16-18-20-21-22-23-24-25-26-29-33-36-40-44-51-57-63-78(83)95-74(67-89-77(82)62-56-50-43-39-35-32-30-27-28-31-34-37-41-47-53-59-71(4)5)69-93-97(85,86)91-65-73(80)66-92-98(87,88)94-70-75(96-79(84)64-58-52-46-45-48-54-60-72(6)9-3)68-90-76(81)61-55-49-42-38-19-17-15-13-11-8-2/h71-75,80H,7-70H2,1-6H3,(H,85,86)(H,87,88)/t72?,73-,74-,75-/m1/s1. The highest BCUT2D eigenvalue weighted by Gasteiger charge is 2.30. The van der Waals surface area contributed by atoms with E-state index in [9.17, 15) is 43.2 Å². The molecule has 0 fully saturated rings. The predicted octanol–water partition coefficient (Wildman–Crippen LogP) is 23.5. The van der Waals surface area contributed by atoms with Crippen molar-refractivity contribution < 1.29 is 80.2 Å². The van der Waals surface area contributed by atoms with Crippen molar-refractivity contribution in [1.29, 1.82) is 0 Å². The highest BCUT2D eigenvalue weighted by Crippen LogP contribution is 2.45. The van der Waals surface area contributed by atoms with E-state index in [-0.39, 0.29) is 25.7 Å². The Morgan fingerprint density at radius 1 is 0.296 bits per heavy atom. The van der Waals surface area contributed by atoms with E-state index in [1.54, 1.807) is 0 Å². The van der Waals surface area contributed by atoms with Gasteiger partial charge < -0.3 is 33.8 Å². The number of ether oxygens (including phenoxy) is 4. The quantitative estimate of drug-likeness (QED) is 0.0222. The number of carbonyl (C=O) groups is 4. The Morgan fingerprint density at radius 2 is 0.520 bits per heavy atom. The zero-order valence-corrected chi connectivity index (χ0v) is 65.9. The van der Waals surface area contributed by atoms with Gasteiger partial charge in [0.05, 0.1) is 26.4 Å². The van der Waals surface area contributed by atoms with Crippen molar-refractivity contribution in [2.45, 2.75) is 432 Å². The monoisotopic (exact) mass is 1440 g/mol. The Labute approximate surface area is 600 Å². The lowest BCUT2D eigenvalue weighted by Gasteiger charge is -2.21. The summed E-state index contributed by atoms with van der Waals surface area (Å²) >= 11 is 0. The summed E-state index contributed by atoms with van der Waals surface area (Å²) in [6.07, 6.45) is 59.8. The molecular formula is C79H154O17P2. The van der Waals surface area contributed by atoms with E-state index < -0.39 is 97.5 Å². The molecule has 17 nitrogen and oxygen atoms in total. The third kappa shape index (κ3) is 71.1. The smallest absolute Gasteiger partial charge is 0.462 e. The first-order valence-corrected chi connectivity index (χ1v) is 44.0. The molecule has 6 atom stereocenters. The second-order valence-corrected chi connectivity index (χ2v) is 32.1. The zero-order valence-electron chi connectivity index (χ0n) is 64.1. The van der Waals surface area contributed by atoms with Crippen LogP contribution in [0.25, 0.3) is 0 Å². The van der Waals surface area contributed by atoms with Gasteiger partial charge in [-0.15, -0.1) is 0 Å². The summed E-state index contributed by atoms with van der Waals surface area (Å²) in [5.41, 5.74) is 0. The van der Waals surface area contributed by atoms with Crippen LogP contribution in [0.3, 0.4) is 0 Å². The number of aliphatic hydroxyl groups is 1. The first-order valence-electron chi connectivity index (χ1n) is 41.0. The first-order chi connectivity index (χ1) is 47.4. The molecule has 0 aromatic rings. The van der Waals surface area contributed by atoms with E-state index >= 15 is 0 Å². The summed E-state index contributed by atoms with van der Waals surface area (Å²) in [5.74, 6) is -0.589. The van der Waals surface area contributed by atoms with Crippen molar-refractivity contribution in [2.75, 3.05) is 39.6 Å². The van der Waals surface area contributed by atoms with Gasteiger partial charge in [0.15, 0.2) is 12.2 Å². The molecule has 3 unspecified atom stereocenters. The number of aliphatic hydroxyl groups excluding tert-OH is 1. The molecular weight excluding hydrogens is 1280 g/mol.